The molecule has 0 atom stereocenters. The number of nitrogens with two attached hydrogens (primary N) is 2. The lowest BCUT2D eigenvalue weighted by Gasteiger charge is -2.14. The van der Waals surface area contributed by atoms with E-state index in [1.54, 1.807) is 24.3 Å². The highest BCUT2D eigenvalue weighted by molar-refractivity contribution is 5.85. The van der Waals surface area contributed by atoms with E-state index in [9.17, 15) is 4.79 Å². The summed E-state index contributed by atoms with van der Waals surface area (Å²) in [4.78, 5) is 18.9. The Morgan fingerprint density at radius 3 is 2.37 bits per heavy atom. The minimum Gasteiger partial charge on any atom is -0.493 e. The Morgan fingerprint density at radius 1 is 0.967 bits per heavy atom. The Bertz CT molecular complexity index is 986. The lowest BCUT2D eigenvalue weighted by atomic mass is 10.0. The van der Waals surface area contributed by atoms with E-state index in [2.05, 4.69) is 9.97 Å². The SMILES string of the molecule is Cl.Nc1nc(N)c(-c2ccccc2)c(COc2cccc(OCCCC(=O)O)c2)n1. The third-order valence-electron chi connectivity index (χ3n) is 4.08. The average molecular weight is 431 g/mol. The topological polar surface area (TPSA) is 134 Å². The summed E-state index contributed by atoms with van der Waals surface area (Å²) in [6.45, 7) is 0.455. The second kappa shape index (κ2) is 10.9. The summed E-state index contributed by atoms with van der Waals surface area (Å²) in [6, 6.07) is 16.7. The number of hydrogen-bond acceptors (Lipinski definition) is 7. The van der Waals surface area contributed by atoms with Crippen molar-refractivity contribution < 1.29 is 19.4 Å². The molecule has 2 aromatic carbocycles. The van der Waals surface area contributed by atoms with Crippen LogP contribution >= 0.6 is 12.4 Å². The van der Waals surface area contributed by atoms with Crippen LogP contribution in [0.5, 0.6) is 11.5 Å². The molecule has 0 aliphatic carbocycles. The van der Waals surface area contributed by atoms with Gasteiger partial charge >= 0.3 is 5.97 Å². The van der Waals surface area contributed by atoms with Gasteiger partial charge in [0.15, 0.2) is 0 Å². The van der Waals surface area contributed by atoms with Gasteiger partial charge in [-0.2, -0.15) is 4.98 Å². The maximum atomic E-state index is 10.6. The van der Waals surface area contributed by atoms with Crippen molar-refractivity contribution >= 4 is 30.1 Å². The fraction of sp³-hybridized carbons (Fsp3) is 0.190. The van der Waals surface area contributed by atoms with Gasteiger partial charge in [0.05, 0.1) is 12.3 Å². The number of carboxylic acid groups (broad SMARTS) is 1. The molecule has 0 spiro atoms. The molecule has 0 fully saturated rings. The molecule has 1 aromatic heterocycles. The molecule has 0 aliphatic rings. The number of hydrogen-bond donors (Lipinski definition) is 3. The molecule has 0 unspecified atom stereocenters. The third-order valence-corrected chi connectivity index (χ3v) is 4.08. The number of ether oxygens (including phenoxy) is 2. The Hall–Kier alpha value is -3.52. The fourth-order valence-electron chi connectivity index (χ4n) is 2.79. The second-order valence-corrected chi connectivity index (χ2v) is 6.26. The molecule has 3 rings (SSSR count). The minimum absolute atomic E-state index is 0. The first-order valence-electron chi connectivity index (χ1n) is 9.07. The molecular weight excluding hydrogens is 408 g/mol. The maximum absolute atomic E-state index is 10.6. The molecular formula is C21H23ClN4O4. The van der Waals surface area contributed by atoms with Gasteiger partial charge in [-0.15, -0.1) is 12.4 Å². The minimum atomic E-state index is -0.844. The highest BCUT2D eigenvalue weighted by Crippen LogP contribution is 2.29. The van der Waals surface area contributed by atoms with Crippen LogP contribution in [-0.2, 0) is 11.4 Å². The summed E-state index contributed by atoms with van der Waals surface area (Å²) < 4.78 is 11.4. The van der Waals surface area contributed by atoms with Crippen molar-refractivity contribution in [1.82, 2.24) is 9.97 Å². The summed E-state index contributed by atoms with van der Waals surface area (Å²) in [5.74, 6) is 0.700. The first-order chi connectivity index (χ1) is 14.0. The van der Waals surface area contributed by atoms with Gasteiger partial charge in [-0.25, -0.2) is 4.98 Å². The Morgan fingerprint density at radius 2 is 1.67 bits per heavy atom. The van der Waals surface area contributed by atoms with Crippen LogP contribution in [0.4, 0.5) is 11.8 Å². The second-order valence-electron chi connectivity index (χ2n) is 6.26. The quantitative estimate of drug-likeness (QED) is 0.439. The number of anilines is 2. The normalized spacial score (nSPS) is 10.1. The Kier molecular flexibility index (Phi) is 8.25. The van der Waals surface area contributed by atoms with Crippen molar-refractivity contribution in [3.8, 4) is 22.6 Å². The van der Waals surface area contributed by atoms with Gasteiger partial charge in [0.25, 0.3) is 0 Å². The number of nitrogen functional groups attached to an aromatic ring is 2. The molecule has 0 aliphatic heterocycles. The number of aliphatic carboxylic acids is 1. The molecule has 3 aromatic rings. The van der Waals surface area contributed by atoms with Crippen LogP contribution in [-0.4, -0.2) is 27.7 Å². The van der Waals surface area contributed by atoms with Crippen LogP contribution in [0.3, 0.4) is 0 Å². The van der Waals surface area contributed by atoms with Crippen molar-refractivity contribution in [2.24, 2.45) is 0 Å². The summed E-state index contributed by atoms with van der Waals surface area (Å²) in [6.07, 6.45) is 0.495. The van der Waals surface area contributed by atoms with Gasteiger partial charge in [-0.3, -0.25) is 4.79 Å². The van der Waals surface area contributed by atoms with E-state index >= 15 is 0 Å². The summed E-state index contributed by atoms with van der Waals surface area (Å²) in [7, 11) is 0. The smallest absolute Gasteiger partial charge is 0.303 e. The third kappa shape index (κ3) is 6.25. The lowest BCUT2D eigenvalue weighted by Crippen LogP contribution is -2.09. The van der Waals surface area contributed by atoms with Crippen LogP contribution in [0, 0.1) is 0 Å². The predicted octanol–water partition coefficient (Wildman–Crippen LogP) is 3.55. The van der Waals surface area contributed by atoms with E-state index < -0.39 is 5.97 Å². The van der Waals surface area contributed by atoms with Crippen LogP contribution in [0.2, 0.25) is 0 Å². The molecule has 8 nitrogen and oxygen atoms in total. The average Bonchev–Trinajstić information content (AvgIpc) is 2.70. The number of benzene rings is 2. The van der Waals surface area contributed by atoms with Crippen molar-refractivity contribution in [2.45, 2.75) is 19.4 Å². The lowest BCUT2D eigenvalue weighted by molar-refractivity contribution is -0.137. The highest BCUT2D eigenvalue weighted by Gasteiger charge is 2.14. The molecule has 158 valence electrons. The van der Waals surface area contributed by atoms with Crippen molar-refractivity contribution in [1.29, 1.82) is 0 Å². The molecule has 0 bridgehead atoms. The van der Waals surface area contributed by atoms with E-state index in [0.29, 0.717) is 35.8 Å². The summed E-state index contributed by atoms with van der Waals surface area (Å²) in [5.41, 5.74) is 14.0. The van der Waals surface area contributed by atoms with E-state index in [0.717, 1.165) is 5.56 Å². The molecule has 0 saturated heterocycles. The highest BCUT2D eigenvalue weighted by atomic mass is 35.5. The molecule has 30 heavy (non-hydrogen) atoms. The first-order valence-corrected chi connectivity index (χ1v) is 9.07. The van der Waals surface area contributed by atoms with Gasteiger partial charge in [-0.05, 0) is 24.1 Å². The van der Waals surface area contributed by atoms with E-state index in [-0.39, 0.29) is 37.2 Å². The van der Waals surface area contributed by atoms with Gasteiger partial charge in [0.1, 0.15) is 23.9 Å². The molecule has 0 radical (unpaired) electrons. The molecule has 0 amide bonds. The molecule has 0 saturated carbocycles. The maximum Gasteiger partial charge on any atom is 0.303 e. The van der Waals surface area contributed by atoms with Crippen molar-refractivity contribution in [2.75, 3.05) is 18.1 Å². The van der Waals surface area contributed by atoms with Gasteiger partial charge < -0.3 is 26.0 Å². The van der Waals surface area contributed by atoms with E-state index in [4.69, 9.17) is 26.0 Å². The molecule has 1 heterocycles. The number of nitrogens with zero attached hydrogens (tertiary/aromatic N) is 2. The van der Waals surface area contributed by atoms with Gasteiger partial charge in [0.2, 0.25) is 5.95 Å². The van der Waals surface area contributed by atoms with Crippen LogP contribution < -0.4 is 20.9 Å². The van der Waals surface area contributed by atoms with Crippen molar-refractivity contribution in [3.63, 3.8) is 0 Å². The first kappa shape index (κ1) is 22.8. The van der Waals surface area contributed by atoms with Crippen LogP contribution in [0.15, 0.2) is 54.6 Å². The fourth-order valence-corrected chi connectivity index (χ4v) is 2.79. The largest absolute Gasteiger partial charge is 0.493 e. The van der Waals surface area contributed by atoms with E-state index in [1.807, 2.05) is 30.3 Å². The van der Waals surface area contributed by atoms with E-state index in [1.165, 1.54) is 0 Å². The zero-order valence-corrected chi connectivity index (χ0v) is 17.0. The molecule has 9 heteroatoms. The summed E-state index contributed by atoms with van der Waals surface area (Å²) >= 11 is 0. The molecule has 5 N–H and O–H groups in total. The van der Waals surface area contributed by atoms with Gasteiger partial charge in [-0.1, -0.05) is 36.4 Å². The summed E-state index contributed by atoms with van der Waals surface area (Å²) in [5, 5.41) is 8.67. The van der Waals surface area contributed by atoms with Crippen LogP contribution in [0.25, 0.3) is 11.1 Å². The monoisotopic (exact) mass is 430 g/mol. The van der Waals surface area contributed by atoms with Crippen molar-refractivity contribution in [3.05, 3.63) is 60.3 Å². The zero-order valence-electron chi connectivity index (χ0n) is 16.2. The number of carboxylic acids is 1. The Labute approximate surface area is 180 Å². The predicted molar refractivity (Wildman–Crippen MR) is 117 cm³/mol. The number of aromatic nitrogens is 2. The number of carbonyl (C=O) groups is 1. The standard InChI is InChI=1S/C21H22N4O4.ClH/c22-20-19(14-6-2-1-3-7-14)17(24-21(23)25-20)13-29-16-9-4-8-15(12-16)28-11-5-10-18(26)27;/h1-4,6-9,12H,5,10-11,13H2,(H,26,27)(H4,22,23,24,25);1H. The van der Waals surface area contributed by atoms with Gasteiger partial charge in [0, 0.05) is 18.1 Å². The number of rotatable bonds is 9. The number of halogens is 1. The van der Waals surface area contributed by atoms with Crippen LogP contribution in [0.1, 0.15) is 18.5 Å². The zero-order chi connectivity index (χ0) is 20.6. The Balaban J connectivity index is 0.00000320.